The Morgan fingerprint density at radius 3 is 2.86 bits per heavy atom. The number of fused-ring (bicyclic) bond motifs is 2. The summed E-state index contributed by atoms with van der Waals surface area (Å²) in [6.45, 7) is 0.864. The van der Waals surface area contributed by atoms with Crippen molar-refractivity contribution in [3.63, 3.8) is 0 Å². The zero-order chi connectivity index (χ0) is 20.0. The van der Waals surface area contributed by atoms with Gasteiger partial charge in [-0.15, -0.1) is 11.3 Å². The van der Waals surface area contributed by atoms with Crippen LogP contribution in [-0.4, -0.2) is 39.3 Å². The van der Waals surface area contributed by atoms with Gasteiger partial charge in [-0.25, -0.2) is 0 Å². The average molecular weight is 407 g/mol. The van der Waals surface area contributed by atoms with Crippen molar-refractivity contribution in [1.29, 1.82) is 0 Å². The molecule has 7 nitrogen and oxygen atoms in total. The minimum atomic E-state index is -0.357. The highest BCUT2D eigenvalue weighted by atomic mass is 32.1. The van der Waals surface area contributed by atoms with Crippen LogP contribution in [0.5, 0.6) is 11.5 Å². The standard InChI is InChI=1S/C21H17N3O4S/c25-17-8-12(15-11-29-18-4-2-1-3-14(15)18)7-13-10-24(5-6-28-20(13)17)21(27)16-9-19(26)23-22-16/h1-4,7-9,11,25H,5-6,10H2,(H2,22,23,26). The Labute approximate surface area is 169 Å². The lowest BCUT2D eigenvalue weighted by atomic mass is 10.0. The van der Waals surface area contributed by atoms with Gasteiger partial charge in [0.2, 0.25) is 0 Å². The number of aromatic amines is 2. The second kappa shape index (κ2) is 6.82. The first-order valence-corrected chi connectivity index (χ1v) is 10.0. The van der Waals surface area contributed by atoms with Crippen LogP contribution in [0.4, 0.5) is 0 Å². The fraction of sp³-hybridized carbons (Fsp3) is 0.143. The van der Waals surface area contributed by atoms with Gasteiger partial charge in [-0.3, -0.25) is 19.8 Å². The summed E-state index contributed by atoms with van der Waals surface area (Å²) >= 11 is 1.65. The Balaban J connectivity index is 1.55. The van der Waals surface area contributed by atoms with Gasteiger partial charge in [0.25, 0.3) is 11.5 Å². The first-order valence-electron chi connectivity index (χ1n) is 9.12. The number of nitrogens with zero attached hydrogens (tertiary/aromatic N) is 1. The van der Waals surface area contributed by atoms with Crippen molar-refractivity contribution in [1.82, 2.24) is 15.1 Å². The molecule has 1 aliphatic heterocycles. The molecule has 0 unspecified atom stereocenters. The zero-order valence-corrected chi connectivity index (χ0v) is 16.1. The van der Waals surface area contributed by atoms with E-state index in [1.807, 2.05) is 18.2 Å². The minimum Gasteiger partial charge on any atom is -0.504 e. The number of phenols is 1. The molecule has 4 aromatic rings. The summed E-state index contributed by atoms with van der Waals surface area (Å²) in [4.78, 5) is 25.7. The molecule has 2 aromatic heterocycles. The van der Waals surface area contributed by atoms with Crippen molar-refractivity contribution >= 4 is 27.3 Å². The largest absolute Gasteiger partial charge is 0.504 e. The molecule has 0 fully saturated rings. The molecule has 0 aliphatic carbocycles. The molecule has 146 valence electrons. The van der Waals surface area contributed by atoms with Crippen LogP contribution >= 0.6 is 11.3 Å². The molecule has 0 bridgehead atoms. The lowest BCUT2D eigenvalue weighted by molar-refractivity contribution is 0.0727. The third-order valence-electron chi connectivity index (χ3n) is 5.02. The van der Waals surface area contributed by atoms with E-state index in [0.29, 0.717) is 12.3 Å². The number of hydrogen-bond donors (Lipinski definition) is 3. The predicted molar refractivity (Wildman–Crippen MR) is 111 cm³/mol. The number of nitrogens with one attached hydrogen (secondary N) is 2. The Hall–Kier alpha value is -3.52. The molecule has 2 aromatic carbocycles. The van der Waals surface area contributed by atoms with Crippen molar-refractivity contribution in [3.8, 4) is 22.6 Å². The number of ether oxygens (including phenoxy) is 1. The Kier molecular flexibility index (Phi) is 4.13. The van der Waals surface area contributed by atoms with E-state index < -0.39 is 0 Å². The number of thiophene rings is 1. The van der Waals surface area contributed by atoms with Crippen LogP contribution < -0.4 is 10.3 Å². The van der Waals surface area contributed by atoms with Crippen molar-refractivity contribution in [2.24, 2.45) is 0 Å². The maximum absolute atomic E-state index is 12.8. The highest BCUT2D eigenvalue weighted by Crippen LogP contribution is 2.41. The number of carbonyl (C=O) groups is 1. The molecule has 0 saturated heterocycles. The van der Waals surface area contributed by atoms with Crippen molar-refractivity contribution in [2.45, 2.75) is 6.54 Å². The van der Waals surface area contributed by atoms with Gasteiger partial charge in [0.1, 0.15) is 12.3 Å². The van der Waals surface area contributed by atoms with Gasteiger partial charge < -0.3 is 14.7 Å². The number of amides is 1. The van der Waals surface area contributed by atoms with E-state index in [-0.39, 0.29) is 36.1 Å². The van der Waals surface area contributed by atoms with E-state index in [2.05, 4.69) is 27.7 Å². The Morgan fingerprint density at radius 2 is 2.03 bits per heavy atom. The van der Waals surface area contributed by atoms with E-state index in [4.69, 9.17) is 4.74 Å². The Morgan fingerprint density at radius 1 is 1.17 bits per heavy atom. The van der Waals surface area contributed by atoms with Crippen LogP contribution in [0, 0.1) is 0 Å². The highest BCUT2D eigenvalue weighted by molar-refractivity contribution is 7.17. The third kappa shape index (κ3) is 3.07. The number of rotatable bonds is 2. The van der Waals surface area contributed by atoms with Crippen LogP contribution in [-0.2, 0) is 6.54 Å². The lowest BCUT2D eigenvalue weighted by Crippen LogP contribution is -2.32. The molecule has 3 N–H and O–H groups in total. The fourth-order valence-electron chi connectivity index (χ4n) is 3.65. The molecule has 0 saturated carbocycles. The van der Waals surface area contributed by atoms with Crippen LogP contribution in [0.1, 0.15) is 16.1 Å². The first-order chi connectivity index (χ1) is 14.1. The van der Waals surface area contributed by atoms with Crippen LogP contribution in [0.3, 0.4) is 0 Å². The molecule has 5 rings (SSSR count). The van der Waals surface area contributed by atoms with Crippen LogP contribution in [0.2, 0.25) is 0 Å². The molecule has 8 heteroatoms. The summed E-state index contributed by atoms with van der Waals surface area (Å²) in [5, 5.41) is 18.8. The van der Waals surface area contributed by atoms with E-state index in [1.54, 1.807) is 22.3 Å². The van der Waals surface area contributed by atoms with Gasteiger partial charge in [0, 0.05) is 33.8 Å². The number of benzene rings is 2. The van der Waals surface area contributed by atoms with Crippen molar-refractivity contribution in [3.05, 3.63) is 69.5 Å². The van der Waals surface area contributed by atoms with Crippen LogP contribution in [0.15, 0.2) is 52.6 Å². The smallest absolute Gasteiger partial charge is 0.272 e. The Bertz CT molecular complexity index is 1290. The van der Waals surface area contributed by atoms with Gasteiger partial charge in [0.05, 0.1) is 6.54 Å². The lowest BCUT2D eigenvalue weighted by Gasteiger charge is -2.19. The molecule has 0 atom stereocenters. The molecule has 29 heavy (non-hydrogen) atoms. The highest BCUT2D eigenvalue weighted by Gasteiger charge is 2.25. The normalized spacial score (nSPS) is 13.7. The van der Waals surface area contributed by atoms with E-state index in [1.165, 1.54) is 10.8 Å². The number of aromatic hydroxyl groups is 1. The molecule has 0 radical (unpaired) electrons. The monoisotopic (exact) mass is 407 g/mol. The quantitative estimate of drug-likeness (QED) is 0.475. The van der Waals surface area contributed by atoms with E-state index >= 15 is 0 Å². The number of phenolic OH excluding ortho intramolecular Hbond substituents is 1. The summed E-state index contributed by atoms with van der Waals surface area (Å²) in [7, 11) is 0. The van der Waals surface area contributed by atoms with E-state index in [9.17, 15) is 14.7 Å². The maximum atomic E-state index is 12.8. The number of H-pyrrole nitrogens is 2. The first kappa shape index (κ1) is 17.6. The van der Waals surface area contributed by atoms with Gasteiger partial charge in [-0.1, -0.05) is 18.2 Å². The molecular formula is C21H17N3O4S. The fourth-order valence-corrected chi connectivity index (χ4v) is 4.62. The van der Waals surface area contributed by atoms with Gasteiger partial charge in [0.15, 0.2) is 11.5 Å². The summed E-state index contributed by atoms with van der Waals surface area (Å²) in [6.07, 6.45) is 0. The second-order valence-corrected chi connectivity index (χ2v) is 7.79. The average Bonchev–Trinajstić information content (AvgIpc) is 3.28. The molecule has 0 spiro atoms. The number of aromatic nitrogens is 2. The van der Waals surface area contributed by atoms with E-state index in [0.717, 1.165) is 22.1 Å². The van der Waals surface area contributed by atoms with Gasteiger partial charge in [-0.05, 0) is 29.1 Å². The number of carbonyl (C=O) groups excluding carboxylic acids is 1. The summed E-state index contributed by atoms with van der Waals surface area (Å²) in [5.74, 6) is 0.147. The topological polar surface area (TPSA) is 98.4 Å². The SMILES string of the molecule is O=C(c1cc(=O)[nH][nH]1)N1CCOc2c(O)cc(-c3csc4ccccc34)cc2C1. The minimum absolute atomic E-state index is 0.0529. The number of hydrogen-bond acceptors (Lipinski definition) is 5. The molecule has 1 aliphatic rings. The summed E-state index contributed by atoms with van der Waals surface area (Å²) < 4.78 is 6.91. The van der Waals surface area contributed by atoms with Crippen molar-refractivity contribution in [2.75, 3.05) is 13.2 Å². The predicted octanol–water partition coefficient (Wildman–Crippen LogP) is 3.33. The zero-order valence-electron chi connectivity index (χ0n) is 15.3. The maximum Gasteiger partial charge on any atom is 0.272 e. The molecular weight excluding hydrogens is 390 g/mol. The molecule has 1 amide bonds. The summed E-state index contributed by atoms with van der Waals surface area (Å²) in [5.41, 5.74) is 2.46. The molecule has 3 heterocycles. The van der Waals surface area contributed by atoms with Crippen molar-refractivity contribution < 1.29 is 14.6 Å². The summed E-state index contributed by atoms with van der Waals surface area (Å²) in [6, 6.07) is 13.0. The van der Waals surface area contributed by atoms with Gasteiger partial charge in [-0.2, -0.15) is 0 Å². The van der Waals surface area contributed by atoms with Gasteiger partial charge >= 0.3 is 0 Å². The van der Waals surface area contributed by atoms with Crippen LogP contribution in [0.25, 0.3) is 21.2 Å². The third-order valence-corrected chi connectivity index (χ3v) is 5.98. The second-order valence-electron chi connectivity index (χ2n) is 6.88.